The Morgan fingerprint density at radius 2 is 2.12 bits per heavy atom. The molecule has 17 heavy (non-hydrogen) atoms. The third kappa shape index (κ3) is 4.05. The number of hydrogen-bond acceptors (Lipinski definition) is 2. The molecule has 1 aromatic carbocycles. The minimum atomic E-state index is -0.258. The molecule has 4 heteroatoms. The SMILES string of the molecule is CCCCC(N)C(CN)c1ccc(F)c(Br)c1. The zero-order valence-electron chi connectivity index (χ0n) is 10.1. The van der Waals surface area contributed by atoms with Gasteiger partial charge in [0.1, 0.15) is 5.82 Å². The normalized spacial score (nSPS) is 14.6. The van der Waals surface area contributed by atoms with Gasteiger partial charge in [0.2, 0.25) is 0 Å². The van der Waals surface area contributed by atoms with Gasteiger partial charge in [-0.05, 0) is 40.0 Å². The Balaban J connectivity index is 2.81. The lowest BCUT2D eigenvalue weighted by molar-refractivity contribution is 0.486. The van der Waals surface area contributed by atoms with Gasteiger partial charge in [0.05, 0.1) is 4.47 Å². The van der Waals surface area contributed by atoms with Gasteiger partial charge in [0.15, 0.2) is 0 Å². The number of hydrogen-bond donors (Lipinski definition) is 2. The van der Waals surface area contributed by atoms with E-state index in [-0.39, 0.29) is 17.8 Å². The van der Waals surface area contributed by atoms with E-state index >= 15 is 0 Å². The third-order valence-corrected chi connectivity index (χ3v) is 3.64. The lowest BCUT2D eigenvalue weighted by Crippen LogP contribution is -2.33. The zero-order chi connectivity index (χ0) is 12.8. The van der Waals surface area contributed by atoms with E-state index in [1.165, 1.54) is 6.07 Å². The van der Waals surface area contributed by atoms with Crippen molar-refractivity contribution < 1.29 is 4.39 Å². The van der Waals surface area contributed by atoms with Crippen molar-refractivity contribution in [2.45, 2.75) is 38.1 Å². The van der Waals surface area contributed by atoms with E-state index in [0.717, 1.165) is 24.8 Å². The monoisotopic (exact) mass is 302 g/mol. The summed E-state index contributed by atoms with van der Waals surface area (Å²) < 4.78 is 13.6. The summed E-state index contributed by atoms with van der Waals surface area (Å²) in [4.78, 5) is 0. The smallest absolute Gasteiger partial charge is 0.137 e. The van der Waals surface area contributed by atoms with Crippen LogP contribution in [0.25, 0.3) is 0 Å². The van der Waals surface area contributed by atoms with Crippen LogP contribution in [0.3, 0.4) is 0 Å². The van der Waals surface area contributed by atoms with Gasteiger partial charge in [0, 0.05) is 18.5 Å². The van der Waals surface area contributed by atoms with Gasteiger partial charge in [-0.2, -0.15) is 0 Å². The van der Waals surface area contributed by atoms with Crippen LogP contribution in [0, 0.1) is 5.82 Å². The van der Waals surface area contributed by atoms with Crippen LogP contribution < -0.4 is 11.5 Å². The van der Waals surface area contributed by atoms with E-state index in [0.29, 0.717) is 11.0 Å². The van der Waals surface area contributed by atoms with Crippen molar-refractivity contribution in [3.8, 4) is 0 Å². The van der Waals surface area contributed by atoms with Gasteiger partial charge in [-0.15, -0.1) is 0 Å². The van der Waals surface area contributed by atoms with Gasteiger partial charge in [-0.25, -0.2) is 4.39 Å². The summed E-state index contributed by atoms with van der Waals surface area (Å²) in [5.74, 6) is -0.162. The lowest BCUT2D eigenvalue weighted by Gasteiger charge is -2.23. The maximum atomic E-state index is 13.2. The minimum absolute atomic E-state index is 0.0392. The predicted octanol–water partition coefficient (Wildman–Crippen LogP) is 3.15. The van der Waals surface area contributed by atoms with Gasteiger partial charge in [0.25, 0.3) is 0 Å². The number of halogens is 2. The summed E-state index contributed by atoms with van der Waals surface area (Å²) in [6.45, 7) is 2.63. The highest BCUT2D eigenvalue weighted by Crippen LogP contribution is 2.25. The quantitative estimate of drug-likeness (QED) is 0.848. The van der Waals surface area contributed by atoms with Gasteiger partial charge in [-0.3, -0.25) is 0 Å². The topological polar surface area (TPSA) is 52.0 Å². The van der Waals surface area contributed by atoms with E-state index in [4.69, 9.17) is 11.5 Å². The van der Waals surface area contributed by atoms with Crippen LogP contribution in [0.15, 0.2) is 22.7 Å². The van der Waals surface area contributed by atoms with Crippen molar-refractivity contribution in [1.82, 2.24) is 0 Å². The molecule has 1 aromatic rings. The molecule has 2 atom stereocenters. The fourth-order valence-electron chi connectivity index (χ4n) is 1.94. The molecule has 2 unspecified atom stereocenters. The van der Waals surface area contributed by atoms with Crippen LogP contribution in [-0.4, -0.2) is 12.6 Å². The summed E-state index contributed by atoms with van der Waals surface area (Å²) in [6.07, 6.45) is 3.17. The van der Waals surface area contributed by atoms with E-state index in [1.54, 1.807) is 12.1 Å². The average molecular weight is 303 g/mol. The van der Waals surface area contributed by atoms with Gasteiger partial charge in [-0.1, -0.05) is 25.8 Å². The van der Waals surface area contributed by atoms with E-state index in [9.17, 15) is 4.39 Å². The Hall–Kier alpha value is -0.450. The van der Waals surface area contributed by atoms with Crippen LogP contribution in [0.4, 0.5) is 4.39 Å². The fraction of sp³-hybridized carbons (Fsp3) is 0.538. The first kappa shape index (κ1) is 14.6. The first-order valence-electron chi connectivity index (χ1n) is 6.00. The summed E-state index contributed by atoms with van der Waals surface area (Å²) in [7, 11) is 0. The zero-order valence-corrected chi connectivity index (χ0v) is 11.7. The number of benzene rings is 1. The molecule has 0 aliphatic carbocycles. The van der Waals surface area contributed by atoms with Crippen molar-refractivity contribution in [3.05, 3.63) is 34.1 Å². The Kier molecular flexibility index (Phi) is 6.09. The highest BCUT2D eigenvalue weighted by Gasteiger charge is 2.18. The lowest BCUT2D eigenvalue weighted by atomic mass is 9.89. The highest BCUT2D eigenvalue weighted by molar-refractivity contribution is 9.10. The first-order chi connectivity index (χ1) is 8.10. The molecule has 2 nitrogen and oxygen atoms in total. The molecular formula is C13H20BrFN2. The molecule has 0 saturated carbocycles. The molecule has 4 N–H and O–H groups in total. The Morgan fingerprint density at radius 3 is 2.65 bits per heavy atom. The Morgan fingerprint density at radius 1 is 1.41 bits per heavy atom. The van der Waals surface area contributed by atoms with Gasteiger partial charge < -0.3 is 11.5 Å². The van der Waals surface area contributed by atoms with Crippen LogP contribution in [0.5, 0.6) is 0 Å². The summed E-state index contributed by atoms with van der Waals surface area (Å²) in [6, 6.07) is 5.04. The molecule has 1 rings (SSSR count). The maximum absolute atomic E-state index is 13.2. The second-order valence-electron chi connectivity index (χ2n) is 4.32. The molecule has 0 aliphatic heterocycles. The number of unbranched alkanes of at least 4 members (excludes halogenated alkanes) is 1. The maximum Gasteiger partial charge on any atom is 0.137 e. The first-order valence-corrected chi connectivity index (χ1v) is 6.80. The highest BCUT2D eigenvalue weighted by atomic mass is 79.9. The Labute approximate surface area is 111 Å². The fourth-order valence-corrected chi connectivity index (χ4v) is 2.34. The predicted molar refractivity (Wildman–Crippen MR) is 73.4 cm³/mol. The second kappa shape index (κ2) is 7.09. The molecule has 0 amide bonds. The standard InChI is InChI=1S/C13H20BrFN2/c1-2-3-4-13(17)10(8-16)9-5-6-12(15)11(14)7-9/h5-7,10,13H,2-4,8,16-17H2,1H3. The van der Waals surface area contributed by atoms with Crippen molar-refractivity contribution in [3.63, 3.8) is 0 Å². The molecule has 0 radical (unpaired) electrons. The van der Waals surface area contributed by atoms with Crippen molar-refractivity contribution in [2.75, 3.05) is 6.54 Å². The Bertz CT molecular complexity index is 357. The van der Waals surface area contributed by atoms with Crippen LogP contribution in [-0.2, 0) is 0 Å². The number of nitrogens with two attached hydrogens (primary N) is 2. The molecule has 0 heterocycles. The molecule has 0 aliphatic rings. The average Bonchev–Trinajstić information content (AvgIpc) is 2.32. The van der Waals surface area contributed by atoms with Crippen LogP contribution in [0.2, 0.25) is 0 Å². The van der Waals surface area contributed by atoms with E-state index in [2.05, 4.69) is 22.9 Å². The van der Waals surface area contributed by atoms with E-state index < -0.39 is 0 Å². The minimum Gasteiger partial charge on any atom is -0.330 e. The molecule has 96 valence electrons. The second-order valence-corrected chi connectivity index (χ2v) is 5.18. The van der Waals surface area contributed by atoms with Crippen molar-refractivity contribution in [2.24, 2.45) is 11.5 Å². The number of rotatable bonds is 6. The molecule has 0 bridgehead atoms. The molecule has 0 aromatic heterocycles. The molecule has 0 saturated heterocycles. The summed E-state index contributed by atoms with van der Waals surface area (Å²) in [5, 5.41) is 0. The van der Waals surface area contributed by atoms with Crippen molar-refractivity contribution in [1.29, 1.82) is 0 Å². The summed E-state index contributed by atoms with van der Waals surface area (Å²) >= 11 is 3.19. The summed E-state index contributed by atoms with van der Waals surface area (Å²) in [5.41, 5.74) is 12.9. The van der Waals surface area contributed by atoms with Gasteiger partial charge >= 0.3 is 0 Å². The van der Waals surface area contributed by atoms with Crippen molar-refractivity contribution >= 4 is 15.9 Å². The molecule has 0 spiro atoms. The van der Waals surface area contributed by atoms with E-state index in [1.807, 2.05) is 0 Å². The molecule has 0 fully saturated rings. The molecular weight excluding hydrogens is 283 g/mol. The third-order valence-electron chi connectivity index (χ3n) is 3.03. The van der Waals surface area contributed by atoms with Crippen LogP contribution in [0.1, 0.15) is 37.7 Å². The largest absolute Gasteiger partial charge is 0.330 e. The van der Waals surface area contributed by atoms with Crippen LogP contribution >= 0.6 is 15.9 Å².